The van der Waals surface area contributed by atoms with E-state index in [1.165, 1.54) is 39.2 Å². The van der Waals surface area contributed by atoms with Gasteiger partial charge in [0, 0.05) is 16.7 Å². The second-order valence-corrected chi connectivity index (χ2v) is 12.7. The summed E-state index contributed by atoms with van der Waals surface area (Å²) in [6.45, 7) is 18.3. The molecule has 0 aliphatic carbocycles. The Labute approximate surface area is 216 Å². The molecule has 0 saturated carbocycles. The van der Waals surface area contributed by atoms with Crippen LogP contribution < -0.4 is 4.57 Å². The monoisotopic (exact) mass is 548 g/mol. The topological polar surface area (TPSA) is 8.81 Å². The Bertz CT molecular complexity index is 1180. The molecule has 2 nitrogen and oxygen atoms in total. The van der Waals surface area contributed by atoms with Gasteiger partial charge in [-0.1, -0.05) is 91.8 Å². The van der Waals surface area contributed by atoms with Crippen LogP contribution in [-0.4, -0.2) is 4.57 Å². The fourth-order valence-corrected chi connectivity index (χ4v) is 4.52. The van der Waals surface area contributed by atoms with E-state index in [0.29, 0.717) is 23.7 Å². The summed E-state index contributed by atoms with van der Waals surface area (Å²) in [7, 11) is -8.48. The molecule has 0 fully saturated rings. The number of aryl methyl sites for hydroxylation is 1. The van der Waals surface area contributed by atoms with Crippen LogP contribution in [0.25, 0.3) is 16.9 Å². The Morgan fingerprint density at radius 1 is 0.622 bits per heavy atom. The Kier molecular flexibility index (Phi) is 8.42. The molecular weight excluding hydrogens is 509 g/mol. The van der Waals surface area contributed by atoms with Crippen LogP contribution in [0.3, 0.4) is 0 Å². The Hall–Kier alpha value is -2.34. The third kappa shape index (κ3) is 8.87. The van der Waals surface area contributed by atoms with Crippen LogP contribution in [0.15, 0.2) is 48.9 Å². The van der Waals surface area contributed by atoms with Gasteiger partial charge in [-0.3, -0.25) is 0 Å². The van der Waals surface area contributed by atoms with Crippen molar-refractivity contribution in [2.24, 2.45) is 7.05 Å². The van der Waals surface area contributed by atoms with Crippen molar-refractivity contribution in [3.63, 3.8) is 0 Å². The fraction of sp³-hybridized carbons (Fsp3) is 0.464. The Morgan fingerprint density at radius 3 is 1.27 bits per heavy atom. The third-order valence-corrected chi connectivity index (χ3v) is 6.17. The molecule has 2 aromatic carbocycles. The summed E-state index contributed by atoms with van der Waals surface area (Å²) >= 11 is 0. The zero-order valence-corrected chi connectivity index (χ0v) is 23.9. The molecular formula is C28H39F6N2P. The SMILES string of the molecule is CC(C)c1cccc(C(C)C)c1-c1c[n+](-c2c(C(C)C)cccc2C(C)C)cn1C.F[P-](F)(F)(F)(F)F. The van der Waals surface area contributed by atoms with E-state index in [1.54, 1.807) is 0 Å². The van der Waals surface area contributed by atoms with E-state index in [4.69, 9.17) is 0 Å². The van der Waals surface area contributed by atoms with Crippen molar-refractivity contribution in [2.75, 3.05) is 0 Å². The molecule has 0 saturated heterocycles. The molecule has 3 rings (SSSR count). The van der Waals surface area contributed by atoms with Gasteiger partial charge in [0.1, 0.15) is 11.9 Å². The summed E-state index contributed by atoms with van der Waals surface area (Å²) in [5, 5.41) is 0. The minimum absolute atomic E-state index is 0.476. The first-order valence-corrected chi connectivity index (χ1v) is 14.5. The molecule has 1 aromatic heterocycles. The second-order valence-electron chi connectivity index (χ2n) is 10.8. The molecule has 0 unspecified atom stereocenters. The van der Waals surface area contributed by atoms with Crippen LogP contribution in [0.2, 0.25) is 0 Å². The quantitative estimate of drug-likeness (QED) is 0.165. The number of hydrogen-bond donors (Lipinski definition) is 0. The third-order valence-electron chi connectivity index (χ3n) is 6.17. The van der Waals surface area contributed by atoms with Crippen LogP contribution in [-0.2, 0) is 7.05 Å². The minimum atomic E-state index is -10.7. The molecule has 0 N–H and O–H groups in total. The van der Waals surface area contributed by atoms with E-state index in [2.05, 4.69) is 120 Å². The van der Waals surface area contributed by atoms with E-state index in [-0.39, 0.29) is 0 Å². The van der Waals surface area contributed by atoms with Gasteiger partial charge in [-0.25, -0.2) is 9.13 Å². The number of rotatable bonds is 6. The van der Waals surface area contributed by atoms with Crippen molar-refractivity contribution in [1.82, 2.24) is 4.57 Å². The zero-order valence-electron chi connectivity index (χ0n) is 23.0. The molecule has 37 heavy (non-hydrogen) atoms. The standard InChI is InChI=1S/C28H39N2.F6P/c1-18(2)22-12-10-13-23(19(3)4)27(22)26-16-30(17-29(26)9)28-24(20(5)6)14-11-15-25(28)21(7)8;1-7(2,3,4,5)6/h10-21H,1-9H3;/q+1;-1. The van der Waals surface area contributed by atoms with Crippen molar-refractivity contribution in [2.45, 2.75) is 79.1 Å². The van der Waals surface area contributed by atoms with Gasteiger partial charge >= 0.3 is 33.0 Å². The first-order chi connectivity index (χ1) is 16.6. The fourth-order valence-electron chi connectivity index (χ4n) is 4.52. The number of halogens is 6. The van der Waals surface area contributed by atoms with Gasteiger partial charge in [0.05, 0.1) is 7.05 Å². The summed E-state index contributed by atoms with van der Waals surface area (Å²) < 4.78 is 63.9. The Balaban J connectivity index is 0.000000604. The van der Waals surface area contributed by atoms with Gasteiger partial charge < -0.3 is 0 Å². The van der Waals surface area contributed by atoms with Gasteiger partial charge in [0.15, 0.2) is 5.69 Å². The number of aromatic nitrogens is 2. The molecule has 0 aliphatic rings. The average molecular weight is 549 g/mol. The van der Waals surface area contributed by atoms with Crippen molar-refractivity contribution in [3.05, 3.63) is 71.2 Å². The van der Waals surface area contributed by atoms with Crippen LogP contribution >= 0.6 is 7.81 Å². The Morgan fingerprint density at radius 2 is 0.946 bits per heavy atom. The van der Waals surface area contributed by atoms with Crippen LogP contribution in [0.5, 0.6) is 0 Å². The molecule has 0 spiro atoms. The molecule has 0 atom stereocenters. The predicted molar refractivity (Wildman–Crippen MR) is 142 cm³/mol. The maximum absolute atomic E-state index is 10.7. The number of para-hydroxylation sites is 1. The molecule has 1 heterocycles. The number of hydrogen-bond acceptors (Lipinski definition) is 0. The first kappa shape index (κ1) is 30.9. The summed E-state index contributed by atoms with van der Waals surface area (Å²) in [4.78, 5) is 0. The molecule has 9 heteroatoms. The van der Waals surface area contributed by atoms with Gasteiger partial charge in [-0.05, 0) is 34.8 Å². The van der Waals surface area contributed by atoms with Crippen molar-refractivity contribution >= 4 is 7.81 Å². The molecule has 3 aromatic rings. The number of benzene rings is 2. The average Bonchev–Trinajstić information content (AvgIpc) is 3.11. The first-order valence-electron chi connectivity index (χ1n) is 12.5. The van der Waals surface area contributed by atoms with Crippen molar-refractivity contribution in [1.29, 1.82) is 0 Å². The predicted octanol–water partition coefficient (Wildman–Crippen LogP) is 10.8. The summed E-state index contributed by atoms with van der Waals surface area (Å²) in [6.07, 6.45) is 4.60. The summed E-state index contributed by atoms with van der Waals surface area (Å²) in [5.74, 6) is 1.92. The second kappa shape index (κ2) is 10.1. The van der Waals surface area contributed by atoms with E-state index >= 15 is 0 Å². The van der Waals surface area contributed by atoms with Gasteiger partial charge in [-0.15, -0.1) is 0 Å². The van der Waals surface area contributed by atoms with Crippen molar-refractivity contribution < 1.29 is 29.7 Å². The van der Waals surface area contributed by atoms with Crippen molar-refractivity contribution in [3.8, 4) is 16.9 Å². The molecule has 0 bridgehead atoms. The van der Waals surface area contributed by atoms with Crippen LogP contribution in [0, 0.1) is 0 Å². The van der Waals surface area contributed by atoms with E-state index in [9.17, 15) is 25.2 Å². The van der Waals surface area contributed by atoms with E-state index in [0.717, 1.165) is 0 Å². The molecule has 0 aliphatic heterocycles. The number of nitrogens with zero attached hydrogens (tertiary/aromatic N) is 2. The van der Waals surface area contributed by atoms with Crippen LogP contribution in [0.1, 0.15) is 101 Å². The maximum atomic E-state index is 9.87. The summed E-state index contributed by atoms with van der Waals surface area (Å²) in [5.41, 5.74) is 9.70. The molecule has 208 valence electrons. The molecule has 0 radical (unpaired) electrons. The van der Waals surface area contributed by atoms with E-state index < -0.39 is 7.81 Å². The van der Waals surface area contributed by atoms with Gasteiger partial charge in [0.25, 0.3) is 0 Å². The normalized spacial score (nSPS) is 14.1. The van der Waals surface area contributed by atoms with Gasteiger partial charge in [0.2, 0.25) is 6.33 Å². The van der Waals surface area contributed by atoms with Crippen LogP contribution in [0.4, 0.5) is 25.2 Å². The molecule has 0 amide bonds. The summed E-state index contributed by atoms with van der Waals surface area (Å²) in [6, 6.07) is 13.6. The number of imidazole rings is 1. The van der Waals surface area contributed by atoms with E-state index in [1.807, 2.05) is 0 Å². The zero-order chi connectivity index (χ0) is 28.6. The van der Waals surface area contributed by atoms with Gasteiger partial charge in [-0.2, -0.15) is 0 Å².